The van der Waals surface area contributed by atoms with Gasteiger partial charge >= 0.3 is 0 Å². The molecule has 0 unspecified atom stereocenters. The molecule has 0 saturated heterocycles. The Morgan fingerprint density at radius 2 is 1.79 bits per heavy atom. The van der Waals surface area contributed by atoms with E-state index < -0.39 is 25.0 Å². The molecule has 0 fully saturated rings. The van der Waals surface area contributed by atoms with Crippen molar-refractivity contribution in [2.24, 2.45) is 0 Å². The van der Waals surface area contributed by atoms with Gasteiger partial charge in [0.25, 0.3) is 5.69 Å². The Hall–Kier alpha value is -1.56. The van der Waals surface area contributed by atoms with Crippen LogP contribution in [-0.4, -0.2) is 52.5 Å². The quantitative estimate of drug-likeness (QED) is 0.404. The second kappa shape index (κ2) is 7.55. The van der Waals surface area contributed by atoms with E-state index in [4.69, 9.17) is 0 Å². The predicted molar refractivity (Wildman–Crippen MR) is 89.8 cm³/mol. The van der Waals surface area contributed by atoms with Crippen molar-refractivity contribution in [1.82, 2.24) is 9.03 Å². The minimum absolute atomic E-state index is 0.0172. The van der Waals surface area contributed by atoms with E-state index in [0.717, 1.165) is 16.6 Å². The van der Waals surface area contributed by atoms with Crippen LogP contribution in [-0.2, 0) is 20.0 Å². The first kappa shape index (κ1) is 20.5. The molecule has 11 heteroatoms. The minimum Gasteiger partial charge on any atom is -0.258 e. The molecule has 9 nitrogen and oxygen atoms in total. The topological polar surface area (TPSA) is 127 Å². The van der Waals surface area contributed by atoms with Crippen LogP contribution in [0.25, 0.3) is 0 Å². The number of nitro groups is 1. The van der Waals surface area contributed by atoms with Gasteiger partial charge in [-0.05, 0) is 31.4 Å². The molecule has 0 amide bonds. The third-order valence-electron chi connectivity index (χ3n) is 3.61. The van der Waals surface area contributed by atoms with E-state index in [1.165, 1.54) is 13.1 Å². The summed E-state index contributed by atoms with van der Waals surface area (Å²) in [6.45, 7) is 3.35. The Morgan fingerprint density at radius 3 is 2.29 bits per heavy atom. The Labute approximate surface area is 141 Å². The fourth-order valence-electron chi connectivity index (χ4n) is 1.94. The third kappa shape index (κ3) is 5.23. The van der Waals surface area contributed by atoms with Crippen LogP contribution >= 0.6 is 0 Å². The molecular formula is C13H21N3O6S2. The molecule has 0 atom stereocenters. The molecule has 1 N–H and O–H groups in total. The van der Waals surface area contributed by atoms with Crippen LogP contribution in [0.15, 0.2) is 17.0 Å². The molecule has 0 aliphatic carbocycles. The lowest BCUT2D eigenvalue weighted by molar-refractivity contribution is -0.385. The number of aryl methyl sites for hydroxylation is 1. The van der Waals surface area contributed by atoms with E-state index in [0.29, 0.717) is 11.1 Å². The summed E-state index contributed by atoms with van der Waals surface area (Å²) in [5, 5.41) is 10.9. The average molecular weight is 379 g/mol. The zero-order chi connectivity index (χ0) is 18.7. The first-order valence-electron chi connectivity index (χ1n) is 7.03. The summed E-state index contributed by atoms with van der Waals surface area (Å²) in [6, 6.07) is 2.34. The molecule has 0 aliphatic heterocycles. The second-order valence-corrected chi connectivity index (χ2v) is 9.30. The van der Waals surface area contributed by atoms with Gasteiger partial charge in [0.1, 0.15) is 0 Å². The minimum atomic E-state index is -3.93. The maximum atomic E-state index is 12.4. The Kier molecular flexibility index (Phi) is 6.45. The number of hydrogen-bond donors (Lipinski definition) is 1. The van der Waals surface area contributed by atoms with Crippen LogP contribution < -0.4 is 4.72 Å². The van der Waals surface area contributed by atoms with Gasteiger partial charge in [-0.25, -0.2) is 25.9 Å². The molecule has 1 aromatic carbocycles. The summed E-state index contributed by atoms with van der Waals surface area (Å²) in [7, 11) is -5.84. The van der Waals surface area contributed by atoms with Crippen molar-refractivity contribution in [3.8, 4) is 0 Å². The van der Waals surface area contributed by atoms with Crippen molar-refractivity contribution in [1.29, 1.82) is 0 Å². The molecule has 0 spiro atoms. The summed E-state index contributed by atoms with van der Waals surface area (Å²) < 4.78 is 50.7. The number of sulfonamides is 2. The van der Waals surface area contributed by atoms with E-state index in [1.54, 1.807) is 13.8 Å². The molecule has 0 radical (unpaired) electrons. The fourth-order valence-corrected chi connectivity index (χ4v) is 3.81. The van der Waals surface area contributed by atoms with E-state index in [2.05, 4.69) is 4.72 Å². The smallest absolute Gasteiger partial charge is 0.258 e. The number of nitrogens with one attached hydrogen (secondary N) is 1. The van der Waals surface area contributed by atoms with E-state index in [-0.39, 0.29) is 30.1 Å². The van der Waals surface area contributed by atoms with Crippen molar-refractivity contribution in [2.45, 2.75) is 25.2 Å². The highest BCUT2D eigenvalue weighted by atomic mass is 32.2. The third-order valence-corrected chi connectivity index (χ3v) is 6.51. The number of non-ortho nitro benzene ring substituents is 1. The highest BCUT2D eigenvalue weighted by Gasteiger charge is 2.22. The van der Waals surface area contributed by atoms with Crippen LogP contribution in [0, 0.1) is 24.0 Å². The van der Waals surface area contributed by atoms with E-state index >= 15 is 0 Å². The van der Waals surface area contributed by atoms with Gasteiger partial charge in [-0.3, -0.25) is 10.1 Å². The molecule has 1 aromatic rings. The first-order chi connectivity index (χ1) is 10.9. The number of rotatable bonds is 8. The number of benzene rings is 1. The number of nitrogens with zero attached hydrogens (tertiary/aromatic N) is 2. The number of hydrogen-bond acceptors (Lipinski definition) is 6. The summed E-state index contributed by atoms with van der Waals surface area (Å²) >= 11 is 0. The molecule has 0 saturated carbocycles. The molecular weight excluding hydrogens is 358 g/mol. The van der Waals surface area contributed by atoms with Gasteiger partial charge in [-0.15, -0.1) is 0 Å². The highest BCUT2D eigenvalue weighted by molar-refractivity contribution is 7.89. The van der Waals surface area contributed by atoms with Crippen LogP contribution in [0.4, 0.5) is 5.69 Å². The SMILES string of the molecule is Cc1cc([N+](=O)[O-])cc(S(=O)(=O)NCCCN(C)S(C)(=O)=O)c1C. The molecule has 136 valence electrons. The zero-order valence-corrected chi connectivity index (χ0v) is 15.6. The maximum Gasteiger partial charge on any atom is 0.271 e. The highest BCUT2D eigenvalue weighted by Crippen LogP contribution is 2.25. The predicted octanol–water partition coefficient (Wildman–Crippen LogP) is 0.771. The molecule has 0 heterocycles. The van der Waals surface area contributed by atoms with Crippen LogP contribution in [0.3, 0.4) is 0 Å². The van der Waals surface area contributed by atoms with Gasteiger partial charge in [0.05, 0.1) is 16.1 Å². The number of nitro benzene ring substituents is 1. The summed E-state index contributed by atoms with van der Waals surface area (Å²) in [5.41, 5.74) is 0.637. The largest absolute Gasteiger partial charge is 0.271 e. The summed E-state index contributed by atoms with van der Waals surface area (Å²) in [5.74, 6) is 0. The van der Waals surface area contributed by atoms with E-state index in [1.807, 2.05) is 0 Å². The van der Waals surface area contributed by atoms with Gasteiger partial charge in [0.2, 0.25) is 20.0 Å². The Balaban J connectivity index is 2.88. The summed E-state index contributed by atoms with van der Waals surface area (Å²) in [4.78, 5) is 10.1. The Morgan fingerprint density at radius 1 is 1.21 bits per heavy atom. The zero-order valence-electron chi connectivity index (χ0n) is 13.9. The van der Waals surface area contributed by atoms with Gasteiger partial charge in [0, 0.05) is 32.3 Å². The average Bonchev–Trinajstić information content (AvgIpc) is 2.44. The molecule has 0 aromatic heterocycles. The Bertz CT molecular complexity index is 834. The van der Waals surface area contributed by atoms with Gasteiger partial charge in [-0.1, -0.05) is 0 Å². The fraction of sp³-hybridized carbons (Fsp3) is 0.538. The van der Waals surface area contributed by atoms with Gasteiger partial charge in [0.15, 0.2) is 0 Å². The lowest BCUT2D eigenvalue weighted by Gasteiger charge is -2.14. The molecule has 0 bridgehead atoms. The van der Waals surface area contributed by atoms with Crippen molar-refractivity contribution in [3.63, 3.8) is 0 Å². The monoisotopic (exact) mass is 379 g/mol. The standard InChI is InChI=1S/C13H21N3O6S2/c1-10-8-12(16(17)18)9-13(11(10)2)24(21,22)14-6-5-7-15(3)23(4,19)20/h8-9,14H,5-7H2,1-4H3. The first-order valence-corrected chi connectivity index (χ1v) is 10.4. The van der Waals surface area contributed by atoms with Gasteiger partial charge in [-0.2, -0.15) is 0 Å². The molecule has 0 aliphatic rings. The van der Waals surface area contributed by atoms with Crippen LogP contribution in [0.2, 0.25) is 0 Å². The molecule has 24 heavy (non-hydrogen) atoms. The second-order valence-electron chi connectivity index (χ2n) is 5.48. The van der Waals surface area contributed by atoms with Crippen LogP contribution in [0.1, 0.15) is 17.5 Å². The van der Waals surface area contributed by atoms with E-state index in [9.17, 15) is 26.9 Å². The van der Waals surface area contributed by atoms with Crippen molar-refractivity contribution < 1.29 is 21.8 Å². The van der Waals surface area contributed by atoms with Gasteiger partial charge < -0.3 is 0 Å². The molecule has 1 rings (SSSR count). The summed E-state index contributed by atoms with van der Waals surface area (Å²) in [6.07, 6.45) is 1.34. The van der Waals surface area contributed by atoms with Crippen LogP contribution in [0.5, 0.6) is 0 Å². The van der Waals surface area contributed by atoms with Crippen molar-refractivity contribution >= 4 is 25.7 Å². The van der Waals surface area contributed by atoms with Crippen molar-refractivity contribution in [2.75, 3.05) is 26.4 Å². The lowest BCUT2D eigenvalue weighted by atomic mass is 10.1. The van der Waals surface area contributed by atoms with Crippen molar-refractivity contribution in [3.05, 3.63) is 33.4 Å². The maximum absolute atomic E-state index is 12.4. The lowest BCUT2D eigenvalue weighted by Crippen LogP contribution is -2.31. The normalized spacial score (nSPS) is 12.5.